The number of esters is 1. The molecule has 0 fully saturated rings. The van der Waals surface area contributed by atoms with Gasteiger partial charge in [0, 0.05) is 16.8 Å². The Hall–Kier alpha value is -3.80. The molecule has 0 aliphatic carbocycles. The Labute approximate surface area is 181 Å². The van der Waals surface area contributed by atoms with Crippen molar-refractivity contribution in [1.29, 1.82) is 0 Å². The van der Waals surface area contributed by atoms with Crippen molar-refractivity contribution >= 4 is 17.6 Å². The predicted octanol–water partition coefficient (Wildman–Crippen LogP) is 5.01. The molecule has 0 spiro atoms. The fourth-order valence-electron chi connectivity index (χ4n) is 3.01. The molecule has 0 saturated heterocycles. The lowest BCUT2D eigenvalue weighted by Crippen LogP contribution is -2.13. The number of aryl methyl sites for hydroxylation is 1. The van der Waals surface area contributed by atoms with E-state index in [1.54, 1.807) is 56.5 Å². The van der Waals surface area contributed by atoms with E-state index < -0.39 is 5.97 Å². The van der Waals surface area contributed by atoms with Gasteiger partial charge in [0.15, 0.2) is 0 Å². The average molecular weight is 419 g/mol. The number of rotatable bonds is 8. The molecule has 3 aromatic carbocycles. The van der Waals surface area contributed by atoms with Crippen LogP contribution in [0.15, 0.2) is 66.7 Å². The predicted molar refractivity (Wildman–Crippen MR) is 119 cm³/mol. The molecule has 0 saturated carbocycles. The highest BCUT2D eigenvalue weighted by Gasteiger charge is 2.12. The normalized spacial score (nSPS) is 10.3. The van der Waals surface area contributed by atoms with Gasteiger partial charge in [0.2, 0.25) is 0 Å². The summed E-state index contributed by atoms with van der Waals surface area (Å²) >= 11 is 0. The highest BCUT2D eigenvalue weighted by Crippen LogP contribution is 2.23. The second-order valence-electron chi connectivity index (χ2n) is 6.88. The van der Waals surface area contributed by atoms with Crippen LogP contribution in [0.1, 0.15) is 38.8 Å². The number of carbonyl (C=O) groups excluding carboxylic acids is 2. The highest BCUT2D eigenvalue weighted by atomic mass is 16.5. The number of carbonyl (C=O) groups is 2. The van der Waals surface area contributed by atoms with Crippen LogP contribution in [0.3, 0.4) is 0 Å². The molecule has 0 bridgehead atoms. The summed E-state index contributed by atoms with van der Waals surface area (Å²) in [6, 6.07) is 19.5. The SMILES string of the molecule is CCOC(=O)c1ccc(NC(=O)c2ccc(OC)c(COc3cccc(C)c3)c2)cc1. The summed E-state index contributed by atoms with van der Waals surface area (Å²) in [6.07, 6.45) is 0. The number of hydrogen-bond acceptors (Lipinski definition) is 5. The number of hydrogen-bond donors (Lipinski definition) is 1. The zero-order valence-electron chi connectivity index (χ0n) is 17.8. The topological polar surface area (TPSA) is 73.9 Å². The van der Waals surface area contributed by atoms with E-state index in [4.69, 9.17) is 14.2 Å². The second-order valence-corrected chi connectivity index (χ2v) is 6.88. The Balaban J connectivity index is 1.71. The van der Waals surface area contributed by atoms with Gasteiger partial charge < -0.3 is 19.5 Å². The first-order valence-electron chi connectivity index (χ1n) is 9.95. The molecule has 1 N–H and O–H groups in total. The maximum absolute atomic E-state index is 12.7. The zero-order valence-corrected chi connectivity index (χ0v) is 17.8. The summed E-state index contributed by atoms with van der Waals surface area (Å²) < 4.78 is 16.2. The van der Waals surface area contributed by atoms with Crippen LogP contribution in [-0.2, 0) is 11.3 Å². The van der Waals surface area contributed by atoms with Crippen molar-refractivity contribution in [3.05, 3.63) is 89.0 Å². The van der Waals surface area contributed by atoms with Gasteiger partial charge >= 0.3 is 5.97 Å². The summed E-state index contributed by atoms with van der Waals surface area (Å²) in [5, 5.41) is 2.83. The van der Waals surface area contributed by atoms with Crippen LogP contribution in [0, 0.1) is 6.92 Å². The minimum atomic E-state index is -0.395. The molecule has 6 heteroatoms. The van der Waals surface area contributed by atoms with Crippen LogP contribution >= 0.6 is 0 Å². The molecule has 0 aliphatic heterocycles. The van der Waals surface area contributed by atoms with Gasteiger partial charge in [-0.05, 0) is 74.0 Å². The smallest absolute Gasteiger partial charge is 0.338 e. The molecular weight excluding hydrogens is 394 g/mol. The van der Waals surface area contributed by atoms with Crippen LogP contribution in [0.25, 0.3) is 0 Å². The lowest BCUT2D eigenvalue weighted by atomic mass is 10.1. The van der Waals surface area contributed by atoms with E-state index in [1.165, 1.54) is 0 Å². The minimum Gasteiger partial charge on any atom is -0.496 e. The fraction of sp³-hybridized carbons (Fsp3) is 0.200. The van der Waals surface area contributed by atoms with Gasteiger partial charge in [0.25, 0.3) is 5.91 Å². The van der Waals surface area contributed by atoms with Gasteiger partial charge in [-0.25, -0.2) is 4.79 Å². The van der Waals surface area contributed by atoms with Gasteiger partial charge in [0.1, 0.15) is 18.1 Å². The first-order chi connectivity index (χ1) is 15.0. The molecule has 6 nitrogen and oxygen atoms in total. The third-order valence-corrected chi connectivity index (χ3v) is 4.58. The van der Waals surface area contributed by atoms with Crippen molar-refractivity contribution in [2.75, 3.05) is 19.0 Å². The fourth-order valence-corrected chi connectivity index (χ4v) is 3.01. The van der Waals surface area contributed by atoms with Crippen LogP contribution < -0.4 is 14.8 Å². The summed E-state index contributed by atoms with van der Waals surface area (Å²) in [5.41, 5.74) is 3.34. The van der Waals surface area contributed by atoms with E-state index in [2.05, 4.69) is 5.32 Å². The molecule has 0 radical (unpaired) electrons. The summed E-state index contributed by atoms with van der Waals surface area (Å²) in [7, 11) is 1.58. The van der Waals surface area contributed by atoms with Crippen LogP contribution in [0.2, 0.25) is 0 Å². The summed E-state index contributed by atoms with van der Waals surface area (Å²) in [6.45, 7) is 4.33. The van der Waals surface area contributed by atoms with Gasteiger partial charge in [-0.1, -0.05) is 12.1 Å². The van der Waals surface area contributed by atoms with Crippen molar-refractivity contribution in [1.82, 2.24) is 0 Å². The first kappa shape index (κ1) is 21.9. The number of nitrogens with one attached hydrogen (secondary N) is 1. The second kappa shape index (κ2) is 10.3. The molecule has 0 aliphatic rings. The zero-order chi connectivity index (χ0) is 22.2. The van der Waals surface area contributed by atoms with Crippen LogP contribution in [-0.4, -0.2) is 25.6 Å². The lowest BCUT2D eigenvalue weighted by Gasteiger charge is -2.13. The van der Waals surface area contributed by atoms with Gasteiger partial charge in [-0.15, -0.1) is 0 Å². The average Bonchev–Trinajstić information content (AvgIpc) is 2.78. The number of anilines is 1. The maximum Gasteiger partial charge on any atom is 0.338 e. The number of benzene rings is 3. The van der Waals surface area contributed by atoms with Crippen molar-refractivity contribution in [2.24, 2.45) is 0 Å². The third-order valence-electron chi connectivity index (χ3n) is 4.58. The first-order valence-corrected chi connectivity index (χ1v) is 9.95. The van der Waals surface area contributed by atoms with Crippen LogP contribution in [0.5, 0.6) is 11.5 Å². The van der Waals surface area contributed by atoms with Gasteiger partial charge in [-0.3, -0.25) is 4.79 Å². The molecular formula is C25H25NO5. The molecule has 0 unspecified atom stereocenters. The standard InChI is InChI=1S/C25H25NO5/c1-4-30-25(28)18-8-11-21(12-9-18)26-24(27)19-10-13-23(29-3)20(15-19)16-31-22-7-5-6-17(2)14-22/h5-15H,4,16H2,1-3H3,(H,26,27). The van der Waals surface area contributed by atoms with Crippen molar-refractivity contribution in [3.63, 3.8) is 0 Å². The monoisotopic (exact) mass is 419 g/mol. The molecule has 0 heterocycles. The Morgan fingerprint density at radius 1 is 0.935 bits per heavy atom. The minimum absolute atomic E-state index is 0.266. The highest BCUT2D eigenvalue weighted by molar-refractivity contribution is 6.04. The molecule has 0 aromatic heterocycles. The Bertz CT molecular complexity index is 1060. The molecule has 31 heavy (non-hydrogen) atoms. The number of ether oxygens (including phenoxy) is 3. The molecule has 3 aromatic rings. The Kier molecular flexibility index (Phi) is 7.27. The van der Waals surface area contributed by atoms with E-state index in [9.17, 15) is 9.59 Å². The van der Waals surface area contributed by atoms with E-state index in [0.717, 1.165) is 16.9 Å². The molecule has 3 rings (SSSR count). The van der Waals surface area contributed by atoms with E-state index in [-0.39, 0.29) is 12.5 Å². The van der Waals surface area contributed by atoms with Crippen molar-refractivity contribution in [2.45, 2.75) is 20.5 Å². The molecule has 1 amide bonds. The summed E-state index contributed by atoms with van der Waals surface area (Å²) in [4.78, 5) is 24.5. The van der Waals surface area contributed by atoms with E-state index >= 15 is 0 Å². The van der Waals surface area contributed by atoms with Crippen LogP contribution in [0.4, 0.5) is 5.69 Å². The van der Waals surface area contributed by atoms with Gasteiger partial charge in [-0.2, -0.15) is 0 Å². The summed E-state index contributed by atoms with van der Waals surface area (Å²) in [5.74, 6) is 0.721. The number of amides is 1. The van der Waals surface area contributed by atoms with Gasteiger partial charge in [0.05, 0.1) is 19.3 Å². The molecule has 160 valence electrons. The van der Waals surface area contributed by atoms with Crippen molar-refractivity contribution in [3.8, 4) is 11.5 Å². The lowest BCUT2D eigenvalue weighted by molar-refractivity contribution is 0.0526. The Morgan fingerprint density at radius 2 is 1.68 bits per heavy atom. The largest absolute Gasteiger partial charge is 0.496 e. The number of methoxy groups -OCH3 is 1. The third kappa shape index (κ3) is 5.85. The van der Waals surface area contributed by atoms with E-state index in [1.807, 2.05) is 31.2 Å². The van der Waals surface area contributed by atoms with Crippen molar-refractivity contribution < 1.29 is 23.8 Å². The maximum atomic E-state index is 12.7. The molecule has 0 atom stereocenters. The van der Waals surface area contributed by atoms with E-state index in [0.29, 0.717) is 29.2 Å². The Morgan fingerprint density at radius 3 is 2.35 bits per heavy atom. The quantitative estimate of drug-likeness (QED) is 0.520.